The van der Waals surface area contributed by atoms with Crippen LogP contribution < -0.4 is 9.47 Å². The molecule has 0 radical (unpaired) electrons. The number of carbonyl (C=O) groups excluding carboxylic acids is 2. The third-order valence-electron chi connectivity index (χ3n) is 5.71. The zero-order chi connectivity index (χ0) is 25.2. The number of pyridine rings is 1. The maximum Gasteiger partial charge on any atom is 0.411 e. The van der Waals surface area contributed by atoms with E-state index in [4.69, 9.17) is 23.9 Å². The molecule has 2 atom stereocenters. The molecule has 0 bridgehead atoms. The summed E-state index contributed by atoms with van der Waals surface area (Å²) in [4.78, 5) is 31.5. The number of nitrogens with zero attached hydrogens (tertiary/aromatic N) is 2. The summed E-state index contributed by atoms with van der Waals surface area (Å²) in [6.07, 6.45) is -0.733. The summed E-state index contributed by atoms with van der Waals surface area (Å²) >= 11 is 0. The van der Waals surface area contributed by atoms with Crippen LogP contribution in [0.4, 0.5) is 4.79 Å². The van der Waals surface area contributed by atoms with E-state index < -0.39 is 29.8 Å². The first-order chi connectivity index (χ1) is 16.7. The quantitative estimate of drug-likeness (QED) is 0.485. The molecule has 8 heteroatoms. The Balaban J connectivity index is 1.68. The number of likely N-dealkylation sites (tertiary alicyclic amines) is 1. The van der Waals surface area contributed by atoms with Gasteiger partial charge in [0.2, 0.25) is 0 Å². The topological polar surface area (TPSA) is 87.2 Å². The summed E-state index contributed by atoms with van der Waals surface area (Å²) in [5.74, 6) is 0.788. The second-order valence-corrected chi connectivity index (χ2v) is 9.40. The average molecular weight is 479 g/mol. The van der Waals surface area contributed by atoms with Gasteiger partial charge in [-0.15, -0.1) is 0 Å². The molecule has 1 saturated heterocycles. The molecular weight excluding hydrogens is 448 g/mol. The highest BCUT2D eigenvalue weighted by molar-refractivity contribution is 5.89. The largest absolute Gasteiger partial charge is 0.497 e. The van der Waals surface area contributed by atoms with Crippen LogP contribution in [-0.2, 0) is 14.3 Å². The van der Waals surface area contributed by atoms with Crippen molar-refractivity contribution < 1.29 is 28.5 Å². The van der Waals surface area contributed by atoms with Crippen LogP contribution in [0.3, 0.4) is 0 Å². The van der Waals surface area contributed by atoms with Crippen molar-refractivity contribution in [1.29, 1.82) is 0 Å². The summed E-state index contributed by atoms with van der Waals surface area (Å²) in [7, 11) is 2.91. The highest BCUT2D eigenvalue weighted by atomic mass is 16.6. The number of fused-ring (bicyclic) bond motifs is 1. The van der Waals surface area contributed by atoms with Crippen molar-refractivity contribution in [1.82, 2.24) is 9.88 Å². The molecule has 184 valence electrons. The number of esters is 1. The zero-order valence-electron chi connectivity index (χ0n) is 20.6. The van der Waals surface area contributed by atoms with Crippen LogP contribution in [0.15, 0.2) is 54.6 Å². The highest BCUT2D eigenvalue weighted by Crippen LogP contribution is 2.34. The van der Waals surface area contributed by atoms with Gasteiger partial charge in [0.1, 0.15) is 29.2 Å². The number of methoxy groups -OCH3 is 2. The number of hydrogen-bond donors (Lipinski definition) is 0. The first kappa shape index (κ1) is 24.3. The summed E-state index contributed by atoms with van der Waals surface area (Å²) in [6, 6.07) is 16.5. The first-order valence-electron chi connectivity index (χ1n) is 11.5. The van der Waals surface area contributed by atoms with Crippen LogP contribution in [-0.4, -0.2) is 60.5 Å². The second kappa shape index (κ2) is 9.82. The molecule has 1 aliphatic rings. The van der Waals surface area contributed by atoms with E-state index in [0.717, 1.165) is 16.6 Å². The summed E-state index contributed by atoms with van der Waals surface area (Å²) < 4.78 is 22.3. The number of hydrogen-bond acceptors (Lipinski definition) is 7. The van der Waals surface area contributed by atoms with Crippen LogP contribution in [0.2, 0.25) is 0 Å². The minimum atomic E-state index is -0.790. The Kier molecular flexibility index (Phi) is 6.82. The molecule has 0 unspecified atom stereocenters. The fraction of sp³-hybridized carbons (Fsp3) is 0.370. The monoisotopic (exact) mass is 478 g/mol. The van der Waals surface area contributed by atoms with Crippen molar-refractivity contribution >= 4 is 23.0 Å². The number of carbonyl (C=O) groups is 2. The van der Waals surface area contributed by atoms with E-state index >= 15 is 0 Å². The lowest BCUT2D eigenvalue weighted by Crippen LogP contribution is -2.44. The van der Waals surface area contributed by atoms with Gasteiger partial charge in [0.25, 0.3) is 0 Å². The van der Waals surface area contributed by atoms with Crippen molar-refractivity contribution in [2.45, 2.75) is 44.9 Å². The molecule has 1 fully saturated rings. The summed E-state index contributed by atoms with van der Waals surface area (Å²) in [6.45, 7) is 5.54. The predicted octanol–water partition coefficient (Wildman–Crippen LogP) is 4.84. The Morgan fingerprint density at radius 2 is 1.77 bits per heavy atom. The summed E-state index contributed by atoms with van der Waals surface area (Å²) in [5.41, 5.74) is 1.71. The minimum absolute atomic E-state index is 0.190. The molecule has 35 heavy (non-hydrogen) atoms. The van der Waals surface area contributed by atoms with E-state index in [0.29, 0.717) is 17.0 Å². The Labute approximate surface area is 204 Å². The van der Waals surface area contributed by atoms with E-state index in [1.165, 1.54) is 12.0 Å². The van der Waals surface area contributed by atoms with E-state index in [-0.39, 0.29) is 13.0 Å². The number of benzene rings is 2. The van der Waals surface area contributed by atoms with E-state index in [1.54, 1.807) is 27.9 Å². The van der Waals surface area contributed by atoms with Crippen molar-refractivity contribution in [3.63, 3.8) is 0 Å². The smallest absolute Gasteiger partial charge is 0.411 e. The molecule has 4 rings (SSSR count). The highest BCUT2D eigenvalue weighted by Gasteiger charge is 2.43. The third kappa shape index (κ3) is 5.48. The number of aromatic nitrogens is 1. The van der Waals surface area contributed by atoms with E-state index in [2.05, 4.69) is 0 Å². The standard InChI is InChI=1S/C27H30N2O6/c1-27(2,3)35-26(31)29-16-19(14-23(29)25(30)33-5)34-24-15-21(17-9-7-6-8-10-17)28-22-13-18(32-4)11-12-20(22)24/h6-13,15,19,23H,14,16H2,1-5H3/t19-,23+/m1/s1. The molecule has 0 saturated carbocycles. The van der Waals surface area contributed by atoms with Gasteiger partial charge in [0.05, 0.1) is 32.0 Å². The predicted molar refractivity (Wildman–Crippen MR) is 132 cm³/mol. The van der Waals surface area contributed by atoms with Crippen molar-refractivity contribution in [2.24, 2.45) is 0 Å². The zero-order valence-corrected chi connectivity index (χ0v) is 20.6. The first-order valence-corrected chi connectivity index (χ1v) is 11.5. The maximum absolute atomic E-state index is 12.8. The molecular formula is C27H30N2O6. The Morgan fingerprint density at radius 1 is 1.03 bits per heavy atom. The average Bonchev–Trinajstić information content (AvgIpc) is 3.26. The normalized spacial score (nSPS) is 17.8. The van der Waals surface area contributed by atoms with Gasteiger partial charge in [-0.25, -0.2) is 14.6 Å². The molecule has 0 N–H and O–H groups in total. The molecule has 1 aliphatic heterocycles. The van der Waals surface area contributed by atoms with Gasteiger partial charge in [-0.1, -0.05) is 30.3 Å². The SMILES string of the molecule is COC(=O)[C@@H]1C[C@@H](Oc2cc(-c3ccccc3)nc3cc(OC)ccc23)CN1C(=O)OC(C)(C)C. The number of amides is 1. The number of ether oxygens (including phenoxy) is 4. The van der Waals surface area contributed by atoms with Crippen molar-refractivity contribution in [2.75, 3.05) is 20.8 Å². The van der Waals surface area contributed by atoms with Crippen LogP contribution in [0, 0.1) is 0 Å². The van der Waals surface area contributed by atoms with Crippen LogP contribution in [0.5, 0.6) is 11.5 Å². The van der Waals surface area contributed by atoms with Gasteiger partial charge in [-0.2, -0.15) is 0 Å². The Bertz CT molecular complexity index is 1220. The van der Waals surface area contributed by atoms with E-state index in [1.807, 2.05) is 54.6 Å². The van der Waals surface area contributed by atoms with Crippen LogP contribution in [0.1, 0.15) is 27.2 Å². The lowest BCUT2D eigenvalue weighted by molar-refractivity contribution is -0.145. The lowest BCUT2D eigenvalue weighted by Gasteiger charge is -2.27. The van der Waals surface area contributed by atoms with Gasteiger partial charge in [0.15, 0.2) is 0 Å². The van der Waals surface area contributed by atoms with Crippen molar-refractivity contribution in [3.8, 4) is 22.8 Å². The molecule has 1 amide bonds. The van der Waals surface area contributed by atoms with Gasteiger partial charge >= 0.3 is 12.1 Å². The minimum Gasteiger partial charge on any atom is -0.497 e. The number of rotatable bonds is 5. The molecule has 0 spiro atoms. The maximum atomic E-state index is 12.8. The molecule has 3 aromatic rings. The van der Waals surface area contributed by atoms with Crippen LogP contribution >= 0.6 is 0 Å². The molecule has 2 aromatic carbocycles. The lowest BCUT2D eigenvalue weighted by atomic mass is 10.1. The molecule has 0 aliphatic carbocycles. The third-order valence-corrected chi connectivity index (χ3v) is 5.71. The van der Waals surface area contributed by atoms with Gasteiger partial charge in [0, 0.05) is 29.5 Å². The molecule has 8 nitrogen and oxygen atoms in total. The Hall–Kier alpha value is -3.81. The summed E-state index contributed by atoms with van der Waals surface area (Å²) in [5, 5.41) is 0.802. The van der Waals surface area contributed by atoms with Crippen molar-refractivity contribution in [3.05, 3.63) is 54.6 Å². The fourth-order valence-corrected chi connectivity index (χ4v) is 4.10. The molecule has 1 aromatic heterocycles. The molecule has 2 heterocycles. The van der Waals surface area contributed by atoms with E-state index in [9.17, 15) is 9.59 Å². The van der Waals surface area contributed by atoms with Gasteiger partial charge < -0.3 is 18.9 Å². The van der Waals surface area contributed by atoms with Gasteiger partial charge in [-0.05, 0) is 32.9 Å². The van der Waals surface area contributed by atoms with Crippen LogP contribution in [0.25, 0.3) is 22.2 Å². The second-order valence-electron chi connectivity index (χ2n) is 9.40. The fourth-order valence-electron chi connectivity index (χ4n) is 4.10. The Morgan fingerprint density at radius 3 is 2.43 bits per heavy atom. The van der Waals surface area contributed by atoms with Gasteiger partial charge in [-0.3, -0.25) is 4.90 Å².